The first kappa shape index (κ1) is 8.51. The summed E-state index contributed by atoms with van der Waals surface area (Å²) in [7, 11) is 0. The number of carbonyl (C=O) groups excluding carboxylic acids is 1. The van der Waals surface area contributed by atoms with Crippen LogP contribution in [-0.2, 0) is 4.79 Å². The van der Waals surface area contributed by atoms with E-state index in [-0.39, 0.29) is 0 Å². The van der Waals surface area contributed by atoms with E-state index in [2.05, 4.69) is 13.5 Å². The lowest BCUT2D eigenvalue weighted by atomic mass is 9.84. The minimum absolute atomic E-state index is 0.297. The number of carbonyl (C=O) groups is 1. The average molecular weight is 152 g/mol. The third-order valence-electron chi connectivity index (χ3n) is 2.58. The van der Waals surface area contributed by atoms with Gasteiger partial charge in [-0.1, -0.05) is 13.0 Å². The summed E-state index contributed by atoms with van der Waals surface area (Å²) in [6, 6.07) is 0. The molecule has 0 amide bonds. The molecule has 1 atom stereocenters. The Morgan fingerprint density at radius 2 is 2.45 bits per heavy atom. The molecule has 0 heterocycles. The zero-order chi connectivity index (χ0) is 8.32. The second-order valence-corrected chi connectivity index (χ2v) is 3.85. The molecule has 1 aliphatic rings. The fraction of sp³-hybridized carbons (Fsp3) is 0.700. The van der Waals surface area contributed by atoms with Crippen LogP contribution in [0, 0.1) is 5.41 Å². The predicted molar refractivity (Wildman–Crippen MR) is 46.4 cm³/mol. The van der Waals surface area contributed by atoms with Crippen molar-refractivity contribution in [3.8, 4) is 0 Å². The number of allylic oxidation sites excluding steroid dienone is 1. The van der Waals surface area contributed by atoms with Gasteiger partial charge in [-0.25, -0.2) is 0 Å². The quantitative estimate of drug-likeness (QED) is 0.568. The standard InChI is InChI=1S/C10H16O/c1-3-4-6-10(2)7-5-9(11)8-10/h3H,1,4-8H2,2H3/t10-/m0/s1. The Balaban J connectivity index is 2.41. The zero-order valence-corrected chi connectivity index (χ0v) is 7.23. The molecule has 1 nitrogen and oxygen atoms in total. The predicted octanol–water partition coefficient (Wildman–Crippen LogP) is 2.71. The highest BCUT2D eigenvalue weighted by Crippen LogP contribution is 2.39. The smallest absolute Gasteiger partial charge is 0.133 e. The van der Waals surface area contributed by atoms with Crippen LogP contribution in [0.5, 0.6) is 0 Å². The van der Waals surface area contributed by atoms with Crippen LogP contribution in [-0.4, -0.2) is 5.78 Å². The number of rotatable bonds is 3. The Morgan fingerprint density at radius 3 is 2.91 bits per heavy atom. The van der Waals surface area contributed by atoms with Crippen molar-refractivity contribution in [2.24, 2.45) is 5.41 Å². The van der Waals surface area contributed by atoms with Crippen LogP contribution in [0.2, 0.25) is 0 Å². The number of Topliss-reactive ketones (excluding diaryl/α,β-unsaturated/α-hetero) is 1. The van der Waals surface area contributed by atoms with Crippen molar-refractivity contribution in [3.05, 3.63) is 12.7 Å². The molecule has 1 saturated carbocycles. The van der Waals surface area contributed by atoms with Gasteiger partial charge in [-0.05, 0) is 24.7 Å². The lowest BCUT2D eigenvalue weighted by molar-refractivity contribution is -0.117. The lowest BCUT2D eigenvalue weighted by Gasteiger charge is -2.20. The lowest BCUT2D eigenvalue weighted by Crippen LogP contribution is -2.10. The Hall–Kier alpha value is -0.590. The van der Waals surface area contributed by atoms with Crippen LogP contribution in [0.1, 0.15) is 39.0 Å². The molecule has 0 aromatic carbocycles. The van der Waals surface area contributed by atoms with Gasteiger partial charge < -0.3 is 0 Å². The highest BCUT2D eigenvalue weighted by Gasteiger charge is 2.32. The van der Waals surface area contributed by atoms with E-state index < -0.39 is 0 Å². The fourth-order valence-corrected chi connectivity index (χ4v) is 1.76. The fourth-order valence-electron chi connectivity index (χ4n) is 1.76. The number of ketones is 1. The van der Waals surface area contributed by atoms with Crippen molar-refractivity contribution < 1.29 is 4.79 Å². The maximum Gasteiger partial charge on any atom is 0.133 e. The van der Waals surface area contributed by atoms with E-state index in [1.807, 2.05) is 6.08 Å². The van der Waals surface area contributed by atoms with Gasteiger partial charge in [-0.3, -0.25) is 4.79 Å². The second kappa shape index (κ2) is 3.21. The Bertz CT molecular complexity index is 172. The van der Waals surface area contributed by atoms with E-state index in [1.165, 1.54) is 0 Å². The van der Waals surface area contributed by atoms with Crippen LogP contribution in [0.25, 0.3) is 0 Å². The molecule has 0 aromatic heterocycles. The van der Waals surface area contributed by atoms with Crippen LogP contribution in [0.3, 0.4) is 0 Å². The average Bonchev–Trinajstić information content (AvgIpc) is 2.28. The minimum atomic E-state index is 0.297. The van der Waals surface area contributed by atoms with Gasteiger partial charge in [0.15, 0.2) is 0 Å². The van der Waals surface area contributed by atoms with Crippen LogP contribution >= 0.6 is 0 Å². The molecule has 1 heteroatoms. The maximum atomic E-state index is 11.0. The van der Waals surface area contributed by atoms with E-state index in [9.17, 15) is 4.79 Å². The van der Waals surface area contributed by atoms with Gasteiger partial charge in [0.1, 0.15) is 5.78 Å². The Kier molecular flexibility index (Phi) is 2.48. The summed E-state index contributed by atoms with van der Waals surface area (Å²) in [4.78, 5) is 11.0. The first-order valence-corrected chi connectivity index (χ1v) is 4.29. The third-order valence-corrected chi connectivity index (χ3v) is 2.58. The van der Waals surface area contributed by atoms with Gasteiger partial charge in [-0.15, -0.1) is 6.58 Å². The van der Waals surface area contributed by atoms with Crippen molar-refractivity contribution in [1.29, 1.82) is 0 Å². The van der Waals surface area contributed by atoms with Crippen LogP contribution in [0.4, 0.5) is 0 Å². The number of hydrogen-bond acceptors (Lipinski definition) is 1. The van der Waals surface area contributed by atoms with Crippen molar-refractivity contribution in [3.63, 3.8) is 0 Å². The van der Waals surface area contributed by atoms with Crippen molar-refractivity contribution in [2.75, 3.05) is 0 Å². The molecule has 0 bridgehead atoms. The molecule has 1 aliphatic carbocycles. The molecular weight excluding hydrogens is 136 g/mol. The molecule has 0 unspecified atom stereocenters. The molecule has 1 rings (SSSR count). The van der Waals surface area contributed by atoms with Gasteiger partial charge in [0.05, 0.1) is 0 Å². The summed E-state index contributed by atoms with van der Waals surface area (Å²) in [5.41, 5.74) is 0.297. The SMILES string of the molecule is C=CCC[C@@]1(C)CCC(=O)C1. The van der Waals surface area contributed by atoms with Crippen LogP contribution < -0.4 is 0 Å². The molecule has 0 aromatic rings. The zero-order valence-electron chi connectivity index (χ0n) is 7.23. The number of hydrogen-bond donors (Lipinski definition) is 0. The van der Waals surface area contributed by atoms with E-state index in [4.69, 9.17) is 0 Å². The highest BCUT2D eigenvalue weighted by atomic mass is 16.1. The maximum absolute atomic E-state index is 11.0. The van der Waals surface area contributed by atoms with Crippen LogP contribution in [0.15, 0.2) is 12.7 Å². The summed E-state index contributed by atoms with van der Waals surface area (Å²) < 4.78 is 0. The molecule has 0 spiro atoms. The normalized spacial score (nSPS) is 30.8. The van der Waals surface area contributed by atoms with E-state index in [1.54, 1.807) is 0 Å². The minimum Gasteiger partial charge on any atom is -0.300 e. The molecule has 0 saturated heterocycles. The summed E-state index contributed by atoms with van der Waals surface area (Å²) in [5.74, 6) is 0.441. The molecule has 0 N–H and O–H groups in total. The van der Waals surface area contributed by atoms with Crippen molar-refractivity contribution in [2.45, 2.75) is 39.0 Å². The molecule has 0 aliphatic heterocycles. The molecule has 0 radical (unpaired) electrons. The third kappa shape index (κ3) is 2.18. The monoisotopic (exact) mass is 152 g/mol. The van der Waals surface area contributed by atoms with Crippen molar-refractivity contribution in [1.82, 2.24) is 0 Å². The second-order valence-electron chi connectivity index (χ2n) is 3.85. The van der Waals surface area contributed by atoms with Gasteiger partial charge in [0.25, 0.3) is 0 Å². The summed E-state index contributed by atoms with van der Waals surface area (Å²) in [6.45, 7) is 5.90. The molecular formula is C10H16O. The molecule has 62 valence electrons. The summed E-state index contributed by atoms with van der Waals surface area (Å²) >= 11 is 0. The van der Waals surface area contributed by atoms with E-state index in [0.29, 0.717) is 11.2 Å². The molecule has 11 heavy (non-hydrogen) atoms. The van der Waals surface area contributed by atoms with E-state index in [0.717, 1.165) is 32.1 Å². The Morgan fingerprint density at radius 1 is 1.73 bits per heavy atom. The van der Waals surface area contributed by atoms with Gasteiger partial charge in [0, 0.05) is 12.8 Å². The van der Waals surface area contributed by atoms with E-state index >= 15 is 0 Å². The first-order valence-electron chi connectivity index (χ1n) is 4.29. The largest absolute Gasteiger partial charge is 0.300 e. The first-order chi connectivity index (χ1) is 5.16. The topological polar surface area (TPSA) is 17.1 Å². The van der Waals surface area contributed by atoms with Gasteiger partial charge in [0.2, 0.25) is 0 Å². The van der Waals surface area contributed by atoms with Gasteiger partial charge >= 0.3 is 0 Å². The van der Waals surface area contributed by atoms with Gasteiger partial charge in [-0.2, -0.15) is 0 Å². The Labute approximate surface area is 68.5 Å². The highest BCUT2D eigenvalue weighted by molar-refractivity contribution is 5.81. The summed E-state index contributed by atoms with van der Waals surface area (Å²) in [6.07, 6.45) is 6.79. The summed E-state index contributed by atoms with van der Waals surface area (Å²) in [5, 5.41) is 0. The van der Waals surface area contributed by atoms with Crippen molar-refractivity contribution >= 4 is 5.78 Å². The molecule has 1 fully saturated rings.